The van der Waals surface area contributed by atoms with E-state index in [9.17, 15) is 9.59 Å². The third-order valence-corrected chi connectivity index (χ3v) is 3.63. The number of aliphatic carboxylic acids is 1. The number of amides is 1. The Kier molecular flexibility index (Phi) is 5.59. The molecule has 0 aliphatic carbocycles. The molecule has 1 fully saturated rings. The SMILES string of the molecule is CC(C)N(C)CCCCN1CC(C(=O)O)CC1=O. The van der Waals surface area contributed by atoms with Gasteiger partial charge in [0.25, 0.3) is 0 Å². The minimum Gasteiger partial charge on any atom is -0.481 e. The van der Waals surface area contributed by atoms with Crippen LogP contribution >= 0.6 is 0 Å². The fourth-order valence-corrected chi connectivity index (χ4v) is 2.08. The smallest absolute Gasteiger partial charge is 0.308 e. The van der Waals surface area contributed by atoms with Gasteiger partial charge >= 0.3 is 5.97 Å². The molecule has 104 valence electrons. The average Bonchev–Trinajstić information content (AvgIpc) is 2.66. The molecule has 1 rings (SSSR count). The molecule has 0 aromatic heterocycles. The Bertz CT molecular complexity index is 305. The second-order valence-corrected chi connectivity index (χ2v) is 5.36. The van der Waals surface area contributed by atoms with Crippen LogP contribution in [0.25, 0.3) is 0 Å². The largest absolute Gasteiger partial charge is 0.481 e. The van der Waals surface area contributed by atoms with Crippen LogP contribution in [-0.4, -0.2) is 59.5 Å². The Morgan fingerprint density at radius 2 is 2.17 bits per heavy atom. The van der Waals surface area contributed by atoms with Crippen molar-refractivity contribution in [3.63, 3.8) is 0 Å². The van der Waals surface area contributed by atoms with Crippen molar-refractivity contribution in [3.05, 3.63) is 0 Å². The summed E-state index contributed by atoms with van der Waals surface area (Å²) in [5, 5.41) is 8.87. The highest BCUT2D eigenvalue weighted by Crippen LogP contribution is 2.18. The lowest BCUT2D eigenvalue weighted by atomic mass is 10.1. The lowest BCUT2D eigenvalue weighted by Gasteiger charge is -2.21. The molecular weight excluding hydrogens is 232 g/mol. The molecule has 1 aliphatic rings. The maximum atomic E-state index is 11.6. The quantitative estimate of drug-likeness (QED) is 0.691. The summed E-state index contributed by atoms with van der Waals surface area (Å²) in [5.41, 5.74) is 0. The van der Waals surface area contributed by atoms with Gasteiger partial charge in [-0.15, -0.1) is 0 Å². The van der Waals surface area contributed by atoms with Gasteiger partial charge in [0.2, 0.25) is 5.91 Å². The molecule has 0 saturated carbocycles. The summed E-state index contributed by atoms with van der Waals surface area (Å²) < 4.78 is 0. The van der Waals surface area contributed by atoms with Crippen molar-refractivity contribution in [3.8, 4) is 0 Å². The first-order valence-corrected chi connectivity index (χ1v) is 6.62. The lowest BCUT2D eigenvalue weighted by molar-refractivity contribution is -0.141. The summed E-state index contributed by atoms with van der Waals surface area (Å²) in [6.45, 7) is 6.40. The number of hydrogen-bond acceptors (Lipinski definition) is 3. The van der Waals surface area contributed by atoms with Crippen molar-refractivity contribution in [1.82, 2.24) is 9.80 Å². The van der Waals surface area contributed by atoms with Crippen LogP contribution in [0.5, 0.6) is 0 Å². The molecule has 0 aromatic carbocycles. The minimum absolute atomic E-state index is 0.0142. The summed E-state index contributed by atoms with van der Waals surface area (Å²) >= 11 is 0. The van der Waals surface area contributed by atoms with Gasteiger partial charge in [-0.25, -0.2) is 0 Å². The van der Waals surface area contributed by atoms with Gasteiger partial charge in [0.05, 0.1) is 5.92 Å². The highest BCUT2D eigenvalue weighted by Gasteiger charge is 2.33. The van der Waals surface area contributed by atoms with Gasteiger partial charge < -0.3 is 14.9 Å². The Labute approximate surface area is 109 Å². The van der Waals surface area contributed by atoms with E-state index in [2.05, 4.69) is 25.8 Å². The molecule has 5 nitrogen and oxygen atoms in total. The number of carboxylic acid groups (broad SMARTS) is 1. The third-order valence-electron chi connectivity index (χ3n) is 3.63. The molecule has 1 unspecified atom stereocenters. The monoisotopic (exact) mass is 256 g/mol. The average molecular weight is 256 g/mol. The zero-order chi connectivity index (χ0) is 13.7. The molecule has 1 N–H and O–H groups in total. The molecule has 0 radical (unpaired) electrons. The zero-order valence-electron chi connectivity index (χ0n) is 11.6. The summed E-state index contributed by atoms with van der Waals surface area (Å²) in [6, 6.07) is 0.537. The minimum atomic E-state index is -0.856. The van der Waals surface area contributed by atoms with Crippen LogP contribution in [0.4, 0.5) is 0 Å². The Morgan fingerprint density at radius 3 is 2.67 bits per heavy atom. The van der Waals surface area contributed by atoms with Crippen molar-refractivity contribution in [1.29, 1.82) is 0 Å². The molecule has 18 heavy (non-hydrogen) atoms. The highest BCUT2D eigenvalue weighted by molar-refractivity contribution is 5.86. The molecule has 0 bridgehead atoms. The van der Waals surface area contributed by atoms with Crippen LogP contribution in [-0.2, 0) is 9.59 Å². The van der Waals surface area contributed by atoms with Crippen molar-refractivity contribution < 1.29 is 14.7 Å². The van der Waals surface area contributed by atoms with Crippen molar-refractivity contribution in [2.24, 2.45) is 5.92 Å². The lowest BCUT2D eigenvalue weighted by Crippen LogP contribution is -2.30. The maximum absolute atomic E-state index is 11.6. The second kappa shape index (κ2) is 6.73. The number of carbonyl (C=O) groups excluding carboxylic acids is 1. The van der Waals surface area contributed by atoms with Gasteiger partial charge in [-0.2, -0.15) is 0 Å². The van der Waals surface area contributed by atoms with Gasteiger partial charge in [0.15, 0.2) is 0 Å². The molecule has 1 saturated heterocycles. The van der Waals surface area contributed by atoms with Crippen molar-refractivity contribution in [2.75, 3.05) is 26.7 Å². The van der Waals surface area contributed by atoms with Crippen LogP contribution in [0, 0.1) is 5.92 Å². The summed E-state index contributed by atoms with van der Waals surface area (Å²) in [5.74, 6) is -1.37. The Morgan fingerprint density at radius 1 is 1.50 bits per heavy atom. The van der Waals surface area contributed by atoms with Crippen molar-refractivity contribution >= 4 is 11.9 Å². The fourth-order valence-electron chi connectivity index (χ4n) is 2.08. The van der Waals surface area contributed by atoms with E-state index in [1.165, 1.54) is 0 Å². The molecule has 1 atom stereocenters. The number of unbranched alkanes of at least 4 members (excludes halogenated alkanes) is 1. The van der Waals surface area contributed by atoms with E-state index in [4.69, 9.17) is 5.11 Å². The fraction of sp³-hybridized carbons (Fsp3) is 0.846. The first-order valence-electron chi connectivity index (χ1n) is 6.62. The van der Waals surface area contributed by atoms with E-state index < -0.39 is 11.9 Å². The molecule has 1 amide bonds. The van der Waals surface area contributed by atoms with Gasteiger partial charge in [-0.05, 0) is 40.3 Å². The number of nitrogens with zero attached hydrogens (tertiary/aromatic N) is 2. The molecule has 1 aliphatic heterocycles. The number of carbonyl (C=O) groups is 2. The Hall–Kier alpha value is -1.10. The van der Waals surface area contributed by atoms with Crippen LogP contribution in [0.1, 0.15) is 33.1 Å². The van der Waals surface area contributed by atoms with E-state index in [0.29, 0.717) is 19.1 Å². The summed E-state index contributed by atoms with van der Waals surface area (Å²) in [6.07, 6.45) is 2.15. The van der Waals surface area contributed by atoms with Gasteiger partial charge in [0.1, 0.15) is 0 Å². The molecular formula is C13H24N2O3. The van der Waals surface area contributed by atoms with Gasteiger partial charge in [-0.3, -0.25) is 9.59 Å². The number of likely N-dealkylation sites (tertiary alicyclic amines) is 1. The Balaban J connectivity index is 2.20. The van der Waals surface area contributed by atoms with Crippen molar-refractivity contribution in [2.45, 2.75) is 39.2 Å². The highest BCUT2D eigenvalue weighted by atomic mass is 16.4. The number of carboxylic acids is 1. The van der Waals surface area contributed by atoms with E-state index in [1.54, 1.807) is 4.90 Å². The van der Waals surface area contributed by atoms with Crippen LogP contribution in [0.2, 0.25) is 0 Å². The van der Waals surface area contributed by atoms with Crippen LogP contribution in [0.3, 0.4) is 0 Å². The van der Waals surface area contributed by atoms with Crippen LogP contribution < -0.4 is 0 Å². The summed E-state index contributed by atoms with van der Waals surface area (Å²) in [4.78, 5) is 26.3. The van der Waals surface area contributed by atoms with E-state index in [1.807, 2.05) is 0 Å². The normalized spacial score (nSPS) is 20.2. The first kappa shape index (κ1) is 15.0. The molecule has 1 heterocycles. The van der Waals surface area contributed by atoms with Gasteiger partial charge in [0, 0.05) is 25.6 Å². The number of rotatable bonds is 7. The van der Waals surface area contributed by atoms with E-state index in [-0.39, 0.29) is 12.3 Å². The van der Waals surface area contributed by atoms with Crippen LogP contribution in [0.15, 0.2) is 0 Å². The first-order chi connectivity index (χ1) is 8.41. The summed E-state index contributed by atoms with van der Waals surface area (Å²) in [7, 11) is 2.09. The zero-order valence-corrected chi connectivity index (χ0v) is 11.6. The maximum Gasteiger partial charge on any atom is 0.308 e. The topological polar surface area (TPSA) is 60.9 Å². The molecule has 5 heteroatoms. The standard InChI is InChI=1S/C13H24N2O3/c1-10(2)14(3)6-4-5-7-15-9-11(13(17)18)8-12(15)16/h10-11H,4-9H2,1-3H3,(H,17,18). The second-order valence-electron chi connectivity index (χ2n) is 5.36. The number of hydrogen-bond donors (Lipinski definition) is 1. The van der Waals surface area contributed by atoms with E-state index in [0.717, 1.165) is 19.4 Å². The molecule has 0 aromatic rings. The van der Waals surface area contributed by atoms with Gasteiger partial charge in [-0.1, -0.05) is 0 Å². The third kappa shape index (κ3) is 4.29. The molecule has 0 spiro atoms. The predicted molar refractivity (Wildman–Crippen MR) is 69.3 cm³/mol. The van der Waals surface area contributed by atoms with E-state index >= 15 is 0 Å². The predicted octanol–water partition coefficient (Wildman–Crippen LogP) is 1.04.